The largest absolute Gasteiger partial charge is 0.352 e. The number of carbonyl (C=O) groups is 1. The molecule has 0 spiro atoms. The van der Waals surface area contributed by atoms with Gasteiger partial charge in [0.25, 0.3) is 0 Å². The Morgan fingerprint density at radius 1 is 0.636 bits per heavy atom. The molecule has 0 aromatic carbocycles. The highest BCUT2D eigenvalue weighted by atomic mass is 16.2. The fourth-order valence-corrected chi connectivity index (χ4v) is 2.88. The maximum absolute atomic E-state index is 10.5. The standard InChI is InChI=1S/C19H40N2O/c1-2-3-4-5-6-7-8-9-10-11-12-13-14-15-16-17-18-21-19(20)22/h2-18H2,1H3,(H3,20,21,22). The van der Waals surface area contributed by atoms with Crippen molar-refractivity contribution < 1.29 is 4.79 Å². The smallest absolute Gasteiger partial charge is 0.312 e. The van der Waals surface area contributed by atoms with Gasteiger partial charge in [0.15, 0.2) is 0 Å². The Balaban J connectivity index is 2.95. The second-order valence-corrected chi connectivity index (χ2v) is 6.59. The molecule has 0 saturated heterocycles. The second-order valence-electron chi connectivity index (χ2n) is 6.59. The Labute approximate surface area is 138 Å². The van der Waals surface area contributed by atoms with Crippen LogP contribution in [0.4, 0.5) is 4.79 Å². The predicted molar refractivity (Wildman–Crippen MR) is 97.1 cm³/mol. The van der Waals surface area contributed by atoms with Gasteiger partial charge in [0, 0.05) is 6.54 Å². The molecule has 0 heterocycles. The van der Waals surface area contributed by atoms with Gasteiger partial charge in [-0.1, -0.05) is 103 Å². The molecule has 3 heteroatoms. The van der Waals surface area contributed by atoms with Crippen LogP contribution in [-0.4, -0.2) is 12.6 Å². The predicted octanol–water partition coefficient (Wildman–Crippen LogP) is 5.92. The highest BCUT2D eigenvalue weighted by Crippen LogP contribution is 2.13. The van der Waals surface area contributed by atoms with E-state index < -0.39 is 6.03 Å². The van der Waals surface area contributed by atoms with Gasteiger partial charge in [-0.05, 0) is 6.42 Å². The third kappa shape index (κ3) is 19.3. The quantitative estimate of drug-likeness (QED) is 0.322. The van der Waals surface area contributed by atoms with Gasteiger partial charge in [-0.3, -0.25) is 0 Å². The summed E-state index contributed by atoms with van der Waals surface area (Å²) in [4.78, 5) is 10.5. The first kappa shape index (κ1) is 21.3. The van der Waals surface area contributed by atoms with Crippen LogP contribution in [0.15, 0.2) is 0 Å². The topological polar surface area (TPSA) is 55.1 Å². The molecule has 3 N–H and O–H groups in total. The third-order valence-electron chi connectivity index (χ3n) is 4.33. The lowest BCUT2D eigenvalue weighted by atomic mass is 10.0. The third-order valence-corrected chi connectivity index (χ3v) is 4.33. The van der Waals surface area contributed by atoms with Crippen LogP contribution < -0.4 is 11.1 Å². The van der Waals surface area contributed by atoms with Crippen molar-refractivity contribution in [1.82, 2.24) is 5.32 Å². The minimum atomic E-state index is -0.402. The molecule has 0 radical (unpaired) electrons. The molecule has 0 saturated carbocycles. The maximum Gasteiger partial charge on any atom is 0.312 e. The van der Waals surface area contributed by atoms with Crippen LogP contribution in [0.1, 0.15) is 110 Å². The van der Waals surface area contributed by atoms with Crippen molar-refractivity contribution in [3.05, 3.63) is 0 Å². The van der Waals surface area contributed by atoms with Gasteiger partial charge in [-0.25, -0.2) is 4.79 Å². The summed E-state index contributed by atoms with van der Waals surface area (Å²) < 4.78 is 0. The molecule has 3 nitrogen and oxygen atoms in total. The van der Waals surface area contributed by atoms with Gasteiger partial charge in [-0.2, -0.15) is 0 Å². The number of amides is 2. The van der Waals surface area contributed by atoms with Crippen molar-refractivity contribution in [2.24, 2.45) is 5.73 Å². The van der Waals surface area contributed by atoms with Crippen molar-refractivity contribution in [1.29, 1.82) is 0 Å². The molecule has 0 aliphatic rings. The number of urea groups is 1. The van der Waals surface area contributed by atoms with Crippen molar-refractivity contribution in [2.75, 3.05) is 6.54 Å². The molecule has 22 heavy (non-hydrogen) atoms. The van der Waals surface area contributed by atoms with Crippen molar-refractivity contribution in [2.45, 2.75) is 110 Å². The molecule has 0 atom stereocenters. The molecule has 0 fully saturated rings. The molecule has 0 rings (SSSR count). The molecular formula is C19H40N2O. The number of unbranched alkanes of at least 4 members (excludes halogenated alkanes) is 15. The Morgan fingerprint density at radius 2 is 0.955 bits per heavy atom. The molecule has 0 aromatic rings. The van der Waals surface area contributed by atoms with E-state index in [1.54, 1.807) is 0 Å². The summed E-state index contributed by atoms with van der Waals surface area (Å²) in [7, 11) is 0. The highest BCUT2D eigenvalue weighted by Gasteiger charge is 1.95. The highest BCUT2D eigenvalue weighted by molar-refractivity contribution is 5.71. The van der Waals surface area contributed by atoms with Crippen LogP contribution in [0.3, 0.4) is 0 Å². The molecule has 0 aliphatic heterocycles. The SMILES string of the molecule is CCCCCCCCCCCCCCCCCCNC(N)=O. The molecule has 0 aromatic heterocycles. The number of primary amides is 1. The Kier molecular flexibility index (Phi) is 17.7. The number of rotatable bonds is 17. The molecular weight excluding hydrogens is 272 g/mol. The minimum absolute atomic E-state index is 0.402. The van der Waals surface area contributed by atoms with Crippen molar-refractivity contribution >= 4 is 6.03 Å². The van der Waals surface area contributed by atoms with E-state index in [1.807, 2.05) is 0 Å². The summed E-state index contributed by atoms with van der Waals surface area (Å²) in [5, 5.41) is 2.63. The maximum atomic E-state index is 10.5. The minimum Gasteiger partial charge on any atom is -0.352 e. The average molecular weight is 313 g/mol. The normalized spacial score (nSPS) is 10.8. The van der Waals surface area contributed by atoms with Crippen LogP contribution in [0, 0.1) is 0 Å². The van der Waals surface area contributed by atoms with E-state index in [2.05, 4.69) is 12.2 Å². The Morgan fingerprint density at radius 3 is 1.27 bits per heavy atom. The van der Waals surface area contributed by atoms with Gasteiger partial charge in [0.1, 0.15) is 0 Å². The first-order valence-corrected chi connectivity index (χ1v) is 9.80. The summed E-state index contributed by atoms with van der Waals surface area (Å²) in [6.07, 6.45) is 21.9. The van der Waals surface area contributed by atoms with Crippen LogP contribution in [0.5, 0.6) is 0 Å². The van der Waals surface area contributed by atoms with Crippen LogP contribution in [0.2, 0.25) is 0 Å². The number of nitrogens with one attached hydrogen (secondary N) is 1. The Bertz CT molecular complexity index is 231. The van der Waals surface area contributed by atoms with Crippen LogP contribution in [0.25, 0.3) is 0 Å². The van der Waals surface area contributed by atoms with E-state index in [4.69, 9.17) is 5.73 Å². The summed E-state index contributed by atoms with van der Waals surface area (Å²) >= 11 is 0. The summed E-state index contributed by atoms with van der Waals surface area (Å²) in [5.74, 6) is 0. The van der Waals surface area contributed by atoms with E-state index in [0.29, 0.717) is 0 Å². The van der Waals surface area contributed by atoms with Gasteiger partial charge in [0.2, 0.25) is 0 Å². The number of hydrogen-bond donors (Lipinski definition) is 2. The van der Waals surface area contributed by atoms with E-state index in [0.717, 1.165) is 13.0 Å². The lowest BCUT2D eigenvalue weighted by molar-refractivity contribution is 0.248. The monoisotopic (exact) mass is 312 g/mol. The first-order chi connectivity index (χ1) is 10.8. The van der Waals surface area contributed by atoms with Gasteiger partial charge >= 0.3 is 6.03 Å². The number of hydrogen-bond acceptors (Lipinski definition) is 1. The van der Waals surface area contributed by atoms with E-state index in [1.165, 1.54) is 96.3 Å². The van der Waals surface area contributed by atoms with E-state index in [-0.39, 0.29) is 0 Å². The molecule has 132 valence electrons. The van der Waals surface area contributed by atoms with Crippen LogP contribution >= 0.6 is 0 Å². The number of nitrogens with two attached hydrogens (primary N) is 1. The Hall–Kier alpha value is -0.730. The zero-order chi connectivity index (χ0) is 16.3. The second kappa shape index (κ2) is 18.3. The fourth-order valence-electron chi connectivity index (χ4n) is 2.88. The summed E-state index contributed by atoms with van der Waals surface area (Å²) in [6, 6.07) is -0.402. The molecule has 0 aliphatic carbocycles. The molecule has 2 amide bonds. The molecule has 0 unspecified atom stereocenters. The lowest BCUT2D eigenvalue weighted by Gasteiger charge is -2.04. The summed E-state index contributed by atoms with van der Waals surface area (Å²) in [6.45, 7) is 3.01. The van der Waals surface area contributed by atoms with Gasteiger partial charge < -0.3 is 11.1 Å². The zero-order valence-electron chi connectivity index (χ0n) is 15.0. The summed E-state index contributed by atoms with van der Waals surface area (Å²) in [5.41, 5.74) is 5.01. The van der Waals surface area contributed by atoms with Crippen molar-refractivity contribution in [3.63, 3.8) is 0 Å². The lowest BCUT2D eigenvalue weighted by Crippen LogP contribution is -2.29. The van der Waals surface area contributed by atoms with Gasteiger partial charge in [0.05, 0.1) is 0 Å². The van der Waals surface area contributed by atoms with E-state index in [9.17, 15) is 4.79 Å². The van der Waals surface area contributed by atoms with Crippen molar-refractivity contribution in [3.8, 4) is 0 Å². The molecule has 0 bridgehead atoms. The number of carbonyl (C=O) groups excluding carboxylic acids is 1. The van der Waals surface area contributed by atoms with Gasteiger partial charge in [-0.15, -0.1) is 0 Å². The van der Waals surface area contributed by atoms with Crippen LogP contribution in [-0.2, 0) is 0 Å². The first-order valence-electron chi connectivity index (χ1n) is 9.80. The zero-order valence-corrected chi connectivity index (χ0v) is 15.0. The average Bonchev–Trinajstić information content (AvgIpc) is 2.50. The fraction of sp³-hybridized carbons (Fsp3) is 0.947. The van der Waals surface area contributed by atoms with E-state index >= 15 is 0 Å².